The Hall–Kier alpha value is -1.15. The van der Waals surface area contributed by atoms with Crippen LogP contribution >= 0.6 is 15.9 Å². The predicted molar refractivity (Wildman–Crippen MR) is 72.1 cm³/mol. The normalized spacial score (nSPS) is 11.9. The fraction of sp³-hybridized carbons (Fsp3) is 0.143. The molecular weight excluding hydrogens is 267 g/mol. The van der Waals surface area contributed by atoms with Crippen LogP contribution in [-0.2, 0) is 6.42 Å². The van der Waals surface area contributed by atoms with E-state index in [4.69, 9.17) is 0 Å². The summed E-state index contributed by atoms with van der Waals surface area (Å²) in [4.78, 5) is 0. The highest BCUT2D eigenvalue weighted by molar-refractivity contribution is 9.12. The van der Waals surface area contributed by atoms with Gasteiger partial charge in [0.15, 0.2) is 0 Å². The number of hydrogen-bond donors (Lipinski definition) is 0. The van der Waals surface area contributed by atoms with E-state index in [2.05, 4.69) is 36.0 Å². The summed E-state index contributed by atoms with van der Waals surface area (Å²) in [5.74, 6) is -0.366. The number of allylic oxidation sites excluding steroid dienone is 4. The van der Waals surface area contributed by atoms with E-state index in [9.17, 15) is 4.39 Å². The predicted octanol–water partition coefficient (Wildman–Crippen LogP) is 5.02. The first-order valence-electron chi connectivity index (χ1n) is 5.06. The highest BCUT2D eigenvalue weighted by Crippen LogP contribution is 2.31. The molecule has 0 amide bonds. The summed E-state index contributed by atoms with van der Waals surface area (Å²) in [6, 6.07) is 7.76. The zero-order chi connectivity index (χ0) is 12.1. The lowest BCUT2D eigenvalue weighted by molar-refractivity contribution is 0.671. The maximum absolute atomic E-state index is 13.6. The van der Waals surface area contributed by atoms with Crippen LogP contribution in [-0.4, -0.2) is 0 Å². The third-order valence-electron chi connectivity index (χ3n) is 2.31. The number of benzene rings is 1. The molecule has 0 aliphatic carbocycles. The Morgan fingerprint density at radius 2 is 2.19 bits per heavy atom. The van der Waals surface area contributed by atoms with Gasteiger partial charge in [-0.1, -0.05) is 60.3 Å². The fourth-order valence-corrected chi connectivity index (χ4v) is 1.89. The van der Waals surface area contributed by atoms with Crippen molar-refractivity contribution in [3.8, 4) is 0 Å². The number of halogens is 2. The Bertz CT molecular complexity index is 444. The van der Waals surface area contributed by atoms with Crippen LogP contribution in [0.3, 0.4) is 0 Å². The van der Waals surface area contributed by atoms with E-state index < -0.39 is 0 Å². The van der Waals surface area contributed by atoms with Gasteiger partial charge in [0.1, 0.15) is 5.83 Å². The molecule has 1 aromatic carbocycles. The summed E-state index contributed by atoms with van der Waals surface area (Å²) >= 11 is 3.23. The third kappa shape index (κ3) is 2.92. The minimum Gasteiger partial charge on any atom is -0.206 e. The highest BCUT2D eigenvalue weighted by atomic mass is 79.9. The minimum absolute atomic E-state index is 0.366. The van der Waals surface area contributed by atoms with Gasteiger partial charge < -0.3 is 0 Å². The van der Waals surface area contributed by atoms with Crippen molar-refractivity contribution in [1.82, 2.24) is 0 Å². The van der Waals surface area contributed by atoms with Gasteiger partial charge in [-0.15, -0.1) is 0 Å². The van der Waals surface area contributed by atoms with Gasteiger partial charge in [-0.3, -0.25) is 0 Å². The van der Waals surface area contributed by atoms with Gasteiger partial charge in [0.25, 0.3) is 0 Å². The molecule has 0 aliphatic heterocycles. The zero-order valence-corrected chi connectivity index (χ0v) is 10.8. The van der Waals surface area contributed by atoms with Crippen molar-refractivity contribution in [3.63, 3.8) is 0 Å². The molecule has 0 aromatic heterocycles. The molecule has 0 radical (unpaired) electrons. The second-order valence-corrected chi connectivity index (χ2v) is 4.34. The molecule has 0 atom stereocenters. The zero-order valence-electron chi connectivity index (χ0n) is 9.26. The maximum atomic E-state index is 13.6. The van der Waals surface area contributed by atoms with Crippen LogP contribution in [0.25, 0.3) is 5.57 Å². The van der Waals surface area contributed by atoms with Gasteiger partial charge in [0.2, 0.25) is 0 Å². The summed E-state index contributed by atoms with van der Waals surface area (Å²) < 4.78 is 14.2. The first-order valence-corrected chi connectivity index (χ1v) is 5.85. The Morgan fingerprint density at radius 3 is 2.69 bits per heavy atom. The maximum Gasteiger partial charge on any atom is 0.131 e. The van der Waals surface area contributed by atoms with Crippen molar-refractivity contribution in [2.75, 3.05) is 0 Å². The third-order valence-corrected chi connectivity index (χ3v) is 2.71. The van der Waals surface area contributed by atoms with Gasteiger partial charge in [0.05, 0.1) is 0 Å². The van der Waals surface area contributed by atoms with Crippen LogP contribution in [0.4, 0.5) is 4.39 Å². The second kappa shape index (κ2) is 5.80. The molecular formula is C14H14BrF. The monoisotopic (exact) mass is 280 g/mol. The van der Waals surface area contributed by atoms with E-state index in [1.165, 1.54) is 11.6 Å². The van der Waals surface area contributed by atoms with Gasteiger partial charge >= 0.3 is 0 Å². The lowest BCUT2D eigenvalue weighted by atomic mass is 10.0. The van der Waals surface area contributed by atoms with E-state index in [0.29, 0.717) is 10.1 Å². The molecule has 0 nitrogen and oxygen atoms in total. The molecule has 0 bridgehead atoms. The molecule has 2 heteroatoms. The van der Waals surface area contributed by atoms with Gasteiger partial charge in [0, 0.05) is 10.1 Å². The van der Waals surface area contributed by atoms with E-state index in [0.717, 1.165) is 12.0 Å². The lowest BCUT2D eigenvalue weighted by Gasteiger charge is -2.08. The lowest BCUT2D eigenvalue weighted by Crippen LogP contribution is -1.89. The minimum atomic E-state index is -0.366. The van der Waals surface area contributed by atoms with Crippen molar-refractivity contribution in [3.05, 3.63) is 64.9 Å². The van der Waals surface area contributed by atoms with Crippen molar-refractivity contribution in [1.29, 1.82) is 0 Å². The summed E-state index contributed by atoms with van der Waals surface area (Å²) in [6.45, 7) is 9.23. The molecule has 0 spiro atoms. The van der Waals surface area contributed by atoms with Gasteiger partial charge in [-0.25, -0.2) is 4.39 Å². The second-order valence-electron chi connectivity index (χ2n) is 3.39. The van der Waals surface area contributed by atoms with E-state index in [1.54, 1.807) is 0 Å². The molecule has 0 unspecified atom stereocenters. The summed E-state index contributed by atoms with van der Waals surface area (Å²) in [7, 11) is 0. The SMILES string of the molecule is C=C/C(F)=C(\C(=C)Br)c1cccc(CC)c1. The summed E-state index contributed by atoms with van der Waals surface area (Å²) in [6.07, 6.45) is 2.12. The molecule has 0 aliphatic rings. The summed E-state index contributed by atoms with van der Waals surface area (Å²) in [5.41, 5.74) is 2.45. The molecule has 16 heavy (non-hydrogen) atoms. The first-order chi connectivity index (χ1) is 7.60. The van der Waals surface area contributed by atoms with Gasteiger partial charge in [-0.2, -0.15) is 0 Å². The van der Waals surface area contributed by atoms with Crippen LogP contribution in [0.1, 0.15) is 18.1 Å². The number of aryl methyl sites for hydroxylation is 1. The molecule has 1 aromatic rings. The Balaban J connectivity index is 3.32. The average molecular weight is 281 g/mol. The standard InChI is InChI=1S/C14H14BrF/c1-4-11-7-6-8-12(9-11)14(10(3)15)13(16)5-2/h5-9H,2-4H2,1H3/b14-13-. The number of rotatable bonds is 4. The van der Waals surface area contributed by atoms with Gasteiger partial charge in [-0.05, 0) is 23.6 Å². The van der Waals surface area contributed by atoms with Crippen molar-refractivity contribution < 1.29 is 4.39 Å². The molecule has 0 fully saturated rings. The Kier molecular flexibility index (Phi) is 4.69. The smallest absolute Gasteiger partial charge is 0.131 e. The number of hydrogen-bond acceptors (Lipinski definition) is 0. The summed E-state index contributed by atoms with van der Waals surface area (Å²) in [5, 5.41) is 0. The van der Waals surface area contributed by atoms with Crippen LogP contribution < -0.4 is 0 Å². The van der Waals surface area contributed by atoms with Crippen molar-refractivity contribution >= 4 is 21.5 Å². The highest BCUT2D eigenvalue weighted by Gasteiger charge is 2.09. The molecule has 0 heterocycles. The molecule has 0 N–H and O–H groups in total. The van der Waals surface area contributed by atoms with Crippen LogP contribution in [0, 0.1) is 0 Å². The average Bonchev–Trinajstić information content (AvgIpc) is 2.29. The van der Waals surface area contributed by atoms with E-state index in [-0.39, 0.29) is 5.83 Å². The first kappa shape index (κ1) is 12.9. The van der Waals surface area contributed by atoms with Crippen LogP contribution in [0.15, 0.2) is 53.8 Å². The quantitative estimate of drug-likeness (QED) is 0.679. The molecule has 84 valence electrons. The molecule has 1 rings (SSSR count). The van der Waals surface area contributed by atoms with E-state index in [1.807, 2.05) is 24.3 Å². The molecule has 0 saturated carbocycles. The fourth-order valence-electron chi connectivity index (χ4n) is 1.47. The largest absolute Gasteiger partial charge is 0.206 e. The van der Waals surface area contributed by atoms with E-state index >= 15 is 0 Å². The topological polar surface area (TPSA) is 0 Å². The molecule has 0 saturated heterocycles. The Morgan fingerprint density at radius 1 is 1.50 bits per heavy atom. The van der Waals surface area contributed by atoms with Crippen molar-refractivity contribution in [2.24, 2.45) is 0 Å². The van der Waals surface area contributed by atoms with Crippen LogP contribution in [0.5, 0.6) is 0 Å². The van der Waals surface area contributed by atoms with Crippen molar-refractivity contribution in [2.45, 2.75) is 13.3 Å². The van der Waals surface area contributed by atoms with Crippen LogP contribution in [0.2, 0.25) is 0 Å². The Labute approximate surface area is 104 Å².